The lowest BCUT2D eigenvalue weighted by Crippen LogP contribution is -2.02. The van der Waals surface area contributed by atoms with Crippen molar-refractivity contribution in [2.24, 2.45) is 7.05 Å². The van der Waals surface area contributed by atoms with Gasteiger partial charge in [0.1, 0.15) is 0 Å². The Hall–Kier alpha value is -1.87. The van der Waals surface area contributed by atoms with Gasteiger partial charge in [-0.1, -0.05) is 24.3 Å². The molecule has 1 heterocycles. The molecule has 0 aliphatic rings. The molecular weight excluding hydrogens is 326 g/mol. The molecule has 0 saturated carbocycles. The smallest absolute Gasteiger partial charge is 0.196 e. The van der Waals surface area contributed by atoms with Gasteiger partial charge in [0.25, 0.3) is 0 Å². The molecule has 106 valence electrons. The fourth-order valence-corrected chi connectivity index (χ4v) is 3.09. The first kappa shape index (κ1) is 14.1. The van der Waals surface area contributed by atoms with Crippen LogP contribution in [0, 0.1) is 13.8 Å². The molecule has 2 aromatic carbocycles. The van der Waals surface area contributed by atoms with Gasteiger partial charge in [0.05, 0.1) is 0 Å². The lowest BCUT2D eigenvalue weighted by molar-refractivity contribution is 0.103. The number of aromatic nitrogens is 1. The minimum atomic E-state index is 0.0556. The standard InChI is InChI=1S/C18H16BrNO/c1-11-7-8-13-15(10-20(3)16(13)9-11)18(21)14-6-4-5-12(2)17(14)19/h4-10H,1-3H3. The van der Waals surface area contributed by atoms with E-state index >= 15 is 0 Å². The highest BCUT2D eigenvalue weighted by atomic mass is 79.9. The van der Waals surface area contributed by atoms with Crippen molar-refractivity contribution < 1.29 is 4.79 Å². The molecular formula is C18H16BrNO. The van der Waals surface area contributed by atoms with Crippen LogP contribution in [0.3, 0.4) is 0 Å². The second-order valence-electron chi connectivity index (χ2n) is 5.44. The van der Waals surface area contributed by atoms with E-state index in [2.05, 4.69) is 28.9 Å². The molecule has 21 heavy (non-hydrogen) atoms. The second kappa shape index (κ2) is 5.15. The summed E-state index contributed by atoms with van der Waals surface area (Å²) in [6, 6.07) is 12.0. The van der Waals surface area contributed by atoms with Crippen LogP contribution in [0.15, 0.2) is 47.1 Å². The number of hydrogen-bond acceptors (Lipinski definition) is 1. The summed E-state index contributed by atoms with van der Waals surface area (Å²) in [7, 11) is 1.98. The predicted molar refractivity (Wildman–Crippen MR) is 90.0 cm³/mol. The van der Waals surface area contributed by atoms with Crippen LogP contribution in [0.5, 0.6) is 0 Å². The zero-order valence-electron chi connectivity index (χ0n) is 12.3. The molecule has 0 fully saturated rings. The third-order valence-electron chi connectivity index (χ3n) is 3.83. The Kier molecular flexibility index (Phi) is 3.46. The number of hydrogen-bond donors (Lipinski definition) is 0. The van der Waals surface area contributed by atoms with Crippen LogP contribution in [0.1, 0.15) is 27.0 Å². The Bertz CT molecular complexity index is 861. The predicted octanol–water partition coefficient (Wildman–Crippen LogP) is 4.79. The average Bonchev–Trinajstić information content (AvgIpc) is 2.78. The molecule has 0 radical (unpaired) electrons. The van der Waals surface area contributed by atoms with E-state index in [9.17, 15) is 4.79 Å². The third kappa shape index (κ3) is 2.32. The van der Waals surface area contributed by atoms with Crippen molar-refractivity contribution in [1.82, 2.24) is 4.57 Å². The summed E-state index contributed by atoms with van der Waals surface area (Å²) in [6.07, 6.45) is 1.92. The summed E-state index contributed by atoms with van der Waals surface area (Å²) in [5.74, 6) is 0.0556. The van der Waals surface area contributed by atoms with Crippen molar-refractivity contribution in [2.75, 3.05) is 0 Å². The van der Waals surface area contributed by atoms with Crippen molar-refractivity contribution in [2.45, 2.75) is 13.8 Å². The number of ketones is 1. The van der Waals surface area contributed by atoms with Gasteiger partial charge in [0.15, 0.2) is 5.78 Å². The number of benzene rings is 2. The molecule has 0 aliphatic heterocycles. The number of fused-ring (bicyclic) bond motifs is 1. The maximum atomic E-state index is 12.9. The summed E-state index contributed by atoms with van der Waals surface area (Å²) in [5.41, 5.74) is 4.81. The summed E-state index contributed by atoms with van der Waals surface area (Å²) >= 11 is 3.53. The van der Waals surface area contributed by atoms with Gasteiger partial charge >= 0.3 is 0 Å². The molecule has 0 aliphatic carbocycles. The topological polar surface area (TPSA) is 22.0 Å². The lowest BCUT2D eigenvalue weighted by Gasteiger charge is -2.05. The Morgan fingerprint density at radius 1 is 1.10 bits per heavy atom. The first-order valence-corrected chi connectivity index (χ1v) is 7.64. The molecule has 0 N–H and O–H groups in total. The Labute approximate surface area is 132 Å². The van der Waals surface area contributed by atoms with Crippen LogP contribution in [-0.2, 0) is 7.05 Å². The summed E-state index contributed by atoms with van der Waals surface area (Å²) in [4.78, 5) is 12.9. The zero-order valence-corrected chi connectivity index (χ0v) is 13.9. The van der Waals surface area contributed by atoms with E-state index < -0.39 is 0 Å². The van der Waals surface area contributed by atoms with Gasteiger partial charge in [-0.15, -0.1) is 0 Å². The number of rotatable bonds is 2. The van der Waals surface area contributed by atoms with Crippen LogP contribution in [0.2, 0.25) is 0 Å². The van der Waals surface area contributed by atoms with Crippen LogP contribution in [0.25, 0.3) is 10.9 Å². The van der Waals surface area contributed by atoms with Crippen molar-refractivity contribution in [3.63, 3.8) is 0 Å². The van der Waals surface area contributed by atoms with E-state index in [1.54, 1.807) is 0 Å². The van der Waals surface area contributed by atoms with Crippen molar-refractivity contribution >= 4 is 32.6 Å². The van der Waals surface area contributed by atoms with Gasteiger partial charge < -0.3 is 4.57 Å². The van der Waals surface area contributed by atoms with Crippen LogP contribution in [-0.4, -0.2) is 10.4 Å². The molecule has 0 bridgehead atoms. The number of carbonyl (C=O) groups is 1. The van der Waals surface area contributed by atoms with Gasteiger partial charge in [-0.3, -0.25) is 4.79 Å². The number of nitrogens with zero attached hydrogens (tertiary/aromatic N) is 1. The largest absolute Gasteiger partial charge is 0.350 e. The highest BCUT2D eigenvalue weighted by Crippen LogP contribution is 2.28. The minimum Gasteiger partial charge on any atom is -0.350 e. The minimum absolute atomic E-state index is 0.0556. The van der Waals surface area contributed by atoms with Crippen LogP contribution < -0.4 is 0 Å². The first-order chi connectivity index (χ1) is 9.99. The van der Waals surface area contributed by atoms with Crippen LogP contribution >= 0.6 is 15.9 Å². The Balaban J connectivity index is 2.21. The zero-order chi connectivity index (χ0) is 15.1. The fraction of sp³-hybridized carbons (Fsp3) is 0.167. The van der Waals surface area contributed by atoms with Crippen LogP contribution in [0.4, 0.5) is 0 Å². The SMILES string of the molecule is Cc1ccc2c(C(=O)c3cccc(C)c3Br)cn(C)c2c1. The lowest BCUT2D eigenvalue weighted by atomic mass is 10.0. The Morgan fingerprint density at radius 2 is 1.86 bits per heavy atom. The van der Waals surface area contributed by atoms with E-state index in [1.807, 2.05) is 55.1 Å². The molecule has 3 heteroatoms. The maximum Gasteiger partial charge on any atom is 0.196 e. The fourth-order valence-electron chi connectivity index (χ4n) is 2.64. The molecule has 0 unspecified atom stereocenters. The summed E-state index contributed by atoms with van der Waals surface area (Å²) < 4.78 is 2.89. The highest BCUT2D eigenvalue weighted by molar-refractivity contribution is 9.10. The van der Waals surface area contributed by atoms with Gasteiger partial charge in [-0.05, 0) is 53.0 Å². The normalized spacial score (nSPS) is 11.0. The summed E-state index contributed by atoms with van der Waals surface area (Å²) in [6.45, 7) is 4.05. The summed E-state index contributed by atoms with van der Waals surface area (Å²) in [5, 5.41) is 1.00. The van der Waals surface area contributed by atoms with Gasteiger partial charge in [0.2, 0.25) is 0 Å². The van der Waals surface area contributed by atoms with E-state index in [0.29, 0.717) is 5.56 Å². The Morgan fingerprint density at radius 3 is 2.62 bits per heavy atom. The molecule has 0 amide bonds. The van der Waals surface area contributed by atoms with Gasteiger partial charge in [0, 0.05) is 39.7 Å². The molecule has 1 aromatic heterocycles. The van der Waals surface area contributed by atoms with E-state index in [1.165, 1.54) is 5.56 Å². The van der Waals surface area contributed by atoms with E-state index in [0.717, 1.165) is 26.5 Å². The molecule has 2 nitrogen and oxygen atoms in total. The average molecular weight is 342 g/mol. The monoisotopic (exact) mass is 341 g/mol. The third-order valence-corrected chi connectivity index (χ3v) is 4.88. The highest BCUT2D eigenvalue weighted by Gasteiger charge is 2.18. The maximum absolute atomic E-state index is 12.9. The van der Waals surface area contributed by atoms with Gasteiger partial charge in [-0.25, -0.2) is 0 Å². The number of halogens is 1. The van der Waals surface area contributed by atoms with Gasteiger partial charge in [-0.2, -0.15) is 0 Å². The van der Waals surface area contributed by atoms with Crippen molar-refractivity contribution in [3.8, 4) is 0 Å². The van der Waals surface area contributed by atoms with Crippen molar-refractivity contribution in [3.05, 3.63) is 69.3 Å². The molecule has 0 spiro atoms. The van der Waals surface area contributed by atoms with Crippen molar-refractivity contribution in [1.29, 1.82) is 0 Å². The molecule has 3 aromatic rings. The molecule has 0 atom stereocenters. The van der Waals surface area contributed by atoms with E-state index in [4.69, 9.17) is 0 Å². The quantitative estimate of drug-likeness (QED) is 0.614. The first-order valence-electron chi connectivity index (χ1n) is 6.84. The number of carbonyl (C=O) groups excluding carboxylic acids is 1. The second-order valence-corrected chi connectivity index (χ2v) is 6.23. The number of aryl methyl sites for hydroxylation is 3. The molecule has 3 rings (SSSR count). The molecule has 0 saturated heterocycles. The van der Waals surface area contributed by atoms with E-state index in [-0.39, 0.29) is 5.78 Å².